The van der Waals surface area contributed by atoms with Gasteiger partial charge in [0.25, 0.3) is 0 Å². The highest BCUT2D eigenvalue weighted by atomic mass is 32.2. The molecule has 0 atom stereocenters. The van der Waals surface area contributed by atoms with Crippen molar-refractivity contribution in [2.45, 2.75) is 28.4 Å². The molecule has 1 aliphatic heterocycles. The lowest BCUT2D eigenvalue weighted by Crippen LogP contribution is -2.57. The van der Waals surface area contributed by atoms with Crippen LogP contribution in [-0.2, 0) is 24.8 Å². The molecule has 8 N–H and O–H groups in total. The van der Waals surface area contributed by atoms with E-state index in [1.807, 2.05) is 0 Å². The molecule has 1 fully saturated rings. The number of hydrogen-bond acceptors (Lipinski definition) is 8. The molecule has 1 aliphatic rings. The number of nitrogens with one attached hydrogen (secondary N) is 4. The van der Waals surface area contributed by atoms with Crippen LogP contribution in [-0.4, -0.2) is 47.6 Å². The molecule has 12 nitrogen and oxygen atoms in total. The molecule has 206 valence electrons. The largest absolute Gasteiger partial charge is 0.426 e. The summed E-state index contributed by atoms with van der Waals surface area (Å²) in [6.07, 6.45) is -0.528. The van der Waals surface area contributed by atoms with Crippen molar-refractivity contribution in [3.63, 3.8) is 0 Å². The minimum atomic E-state index is -4.14. The predicted octanol–water partition coefficient (Wildman–Crippen LogP) is 1.89. The second kappa shape index (κ2) is 11.1. The molecule has 0 bridgehead atoms. The van der Waals surface area contributed by atoms with Crippen LogP contribution < -0.4 is 26.2 Å². The van der Waals surface area contributed by atoms with Gasteiger partial charge in [-0.3, -0.25) is 10.7 Å². The van der Waals surface area contributed by atoms with E-state index in [-0.39, 0.29) is 34.0 Å². The van der Waals surface area contributed by atoms with Crippen LogP contribution in [0.2, 0.25) is 0 Å². The number of piperidine rings is 1. The smallest absolute Gasteiger partial charge is 0.413 e. The van der Waals surface area contributed by atoms with E-state index in [2.05, 4.69) is 15.4 Å². The first-order valence-electron chi connectivity index (χ1n) is 11.8. The molecule has 1 amide bonds. The minimum absolute atomic E-state index is 0.0286. The zero-order valence-corrected chi connectivity index (χ0v) is 22.3. The SMILES string of the molecule is N=C(N)c1cccc(S(=O)(=O)NC2(OC(=O)Nc3ccc(-c4ccccc4S(N)(=O)=O)cc3)CCNCC2)c1. The number of ether oxygens (including phenoxy) is 1. The molecular weight excluding hydrogens is 544 g/mol. The third kappa shape index (κ3) is 6.79. The first-order chi connectivity index (χ1) is 18.4. The quantitative estimate of drug-likeness (QED) is 0.133. The fraction of sp³-hybridized carbons (Fsp3) is 0.200. The summed E-state index contributed by atoms with van der Waals surface area (Å²) in [7, 11) is -8.08. The van der Waals surface area contributed by atoms with Crippen molar-refractivity contribution < 1.29 is 26.4 Å². The highest BCUT2D eigenvalue weighted by Crippen LogP contribution is 2.28. The van der Waals surface area contributed by atoms with Crippen molar-refractivity contribution in [2.24, 2.45) is 10.9 Å². The van der Waals surface area contributed by atoms with Crippen molar-refractivity contribution in [3.8, 4) is 11.1 Å². The van der Waals surface area contributed by atoms with E-state index >= 15 is 0 Å². The van der Waals surface area contributed by atoms with Crippen molar-refractivity contribution in [2.75, 3.05) is 18.4 Å². The second-order valence-electron chi connectivity index (χ2n) is 8.92. The van der Waals surface area contributed by atoms with Crippen LogP contribution >= 0.6 is 0 Å². The lowest BCUT2D eigenvalue weighted by molar-refractivity contribution is -0.0132. The summed E-state index contributed by atoms with van der Waals surface area (Å²) >= 11 is 0. The zero-order chi connectivity index (χ0) is 28.3. The maximum atomic E-state index is 13.2. The fourth-order valence-electron chi connectivity index (χ4n) is 4.20. The van der Waals surface area contributed by atoms with Crippen LogP contribution in [0.15, 0.2) is 82.6 Å². The van der Waals surface area contributed by atoms with Gasteiger partial charge >= 0.3 is 6.09 Å². The number of amides is 1. The highest BCUT2D eigenvalue weighted by Gasteiger charge is 2.40. The Bertz CT molecular complexity index is 1600. The maximum absolute atomic E-state index is 13.2. The summed E-state index contributed by atoms with van der Waals surface area (Å²) < 4.78 is 58.4. The van der Waals surface area contributed by atoms with Gasteiger partial charge in [0.15, 0.2) is 5.72 Å². The van der Waals surface area contributed by atoms with Gasteiger partial charge in [-0.05, 0) is 35.9 Å². The maximum Gasteiger partial charge on any atom is 0.413 e. The molecule has 3 aromatic rings. The number of carbonyl (C=O) groups is 1. The zero-order valence-electron chi connectivity index (χ0n) is 20.7. The topological polar surface area (TPSA) is 207 Å². The van der Waals surface area contributed by atoms with E-state index in [1.165, 1.54) is 30.3 Å². The van der Waals surface area contributed by atoms with E-state index in [0.29, 0.717) is 29.9 Å². The van der Waals surface area contributed by atoms with Gasteiger partial charge < -0.3 is 15.8 Å². The summed E-state index contributed by atoms with van der Waals surface area (Å²) in [6.45, 7) is 0.808. The average molecular weight is 573 g/mol. The summed E-state index contributed by atoms with van der Waals surface area (Å²) in [5, 5.41) is 18.6. The van der Waals surface area contributed by atoms with Gasteiger partial charge in [-0.25, -0.2) is 26.8 Å². The molecule has 4 rings (SSSR count). The van der Waals surface area contributed by atoms with Crippen LogP contribution in [0.5, 0.6) is 0 Å². The Kier molecular flexibility index (Phi) is 8.04. The molecular formula is C25H28N6O6S2. The van der Waals surface area contributed by atoms with Gasteiger partial charge in [-0.1, -0.05) is 42.5 Å². The number of nitrogen functional groups attached to an aromatic ring is 1. The first kappa shape index (κ1) is 28.2. The Labute approximate surface area is 226 Å². The molecule has 1 saturated heterocycles. The molecule has 0 aliphatic carbocycles. The molecule has 0 spiro atoms. The number of amidine groups is 1. The number of rotatable bonds is 8. The normalized spacial score (nSPS) is 15.3. The van der Waals surface area contributed by atoms with Gasteiger partial charge in [-0.15, -0.1) is 0 Å². The Morgan fingerprint density at radius 2 is 1.62 bits per heavy atom. The molecule has 0 radical (unpaired) electrons. The second-order valence-corrected chi connectivity index (χ2v) is 12.1. The Morgan fingerprint density at radius 3 is 2.26 bits per heavy atom. The molecule has 0 aromatic heterocycles. The third-order valence-corrected chi connectivity index (χ3v) is 8.60. The van der Waals surface area contributed by atoms with E-state index in [9.17, 15) is 21.6 Å². The molecule has 3 aromatic carbocycles. The Balaban J connectivity index is 1.51. The Morgan fingerprint density at radius 1 is 0.949 bits per heavy atom. The Hall–Kier alpha value is -3.82. The number of benzene rings is 3. The summed E-state index contributed by atoms with van der Waals surface area (Å²) in [5.41, 5.74) is 5.53. The molecule has 39 heavy (non-hydrogen) atoms. The number of nitrogens with two attached hydrogens (primary N) is 2. The van der Waals surface area contributed by atoms with Gasteiger partial charge in [0.1, 0.15) is 5.84 Å². The number of sulfonamides is 2. The van der Waals surface area contributed by atoms with Gasteiger partial charge in [-0.2, -0.15) is 4.72 Å². The summed E-state index contributed by atoms with van der Waals surface area (Å²) in [5.74, 6) is -0.279. The first-order valence-corrected chi connectivity index (χ1v) is 14.8. The monoisotopic (exact) mass is 572 g/mol. The van der Waals surface area contributed by atoms with Crippen LogP contribution in [0.25, 0.3) is 11.1 Å². The number of primary sulfonamides is 1. The lowest BCUT2D eigenvalue weighted by Gasteiger charge is -2.37. The number of carbonyl (C=O) groups excluding carboxylic acids is 1. The van der Waals surface area contributed by atoms with E-state index < -0.39 is 31.9 Å². The number of anilines is 1. The molecule has 1 heterocycles. The fourth-order valence-corrected chi connectivity index (χ4v) is 6.35. The van der Waals surface area contributed by atoms with Crippen LogP contribution in [0, 0.1) is 5.41 Å². The lowest BCUT2D eigenvalue weighted by atomic mass is 10.0. The van der Waals surface area contributed by atoms with Crippen molar-refractivity contribution in [1.82, 2.24) is 10.0 Å². The van der Waals surface area contributed by atoms with E-state index in [1.54, 1.807) is 42.5 Å². The predicted molar refractivity (Wildman–Crippen MR) is 146 cm³/mol. The van der Waals surface area contributed by atoms with Crippen LogP contribution in [0.3, 0.4) is 0 Å². The molecule has 14 heteroatoms. The van der Waals surface area contributed by atoms with Crippen molar-refractivity contribution in [1.29, 1.82) is 5.41 Å². The van der Waals surface area contributed by atoms with Gasteiger partial charge in [0, 0.05) is 42.7 Å². The minimum Gasteiger partial charge on any atom is -0.426 e. The van der Waals surface area contributed by atoms with Crippen molar-refractivity contribution >= 4 is 37.7 Å². The van der Waals surface area contributed by atoms with Gasteiger partial charge in [0.05, 0.1) is 9.79 Å². The van der Waals surface area contributed by atoms with E-state index in [4.69, 9.17) is 21.0 Å². The third-order valence-electron chi connectivity index (χ3n) is 6.11. The van der Waals surface area contributed by atoms with Gasteiger partial charge in [0.2, 0.25) is 20.0 Å². The molecule has 0 saturated carbocycles. The van der Waals surface area contributed by atoms with E-state index in [0.717, 1.165) is 0 Å². The van der Waals surface area contributed by atoms with Crippen LogP contribution in [0.4, 0.5) is 10.5 Å². The standard InChI is InChI=1S/C25H28N6O6S2/c26-23(27)18-4-3-5-20(16-18)39(35,36)31-25(12-14-29-15-13-25)37-24(32)30-19-10-8-17(9-11-19)21-6-1-2-7-22(21)38(28,33)34/h1-11,16,29,31H,12-15H2,(H3,26,27)(H,30,32)(H2,28,33,34). The summed E-state index contributed by atoms with van der Waals surface area (Å²) in [4.78, 5) is 12.7. The van der Waals surface area contributed by atoms with Crippen LogP contribution in [0.1, 0.15) is 18.4 Å². The average Bonchev–Trinajstić information content (AvgIpc) is 2.89. The van der Waals surface area contributed by atoms with Crippen molar-refractivity contribution in [3.05, 3.63) is 78.4 Å². The highest BCUT2D eigenvalue weighted by molar-refractivity contribution is 7.89. The summed E-state index contributed by atoms with van der Waals surface area (Å²) in [6, 6.07) is 18.3. The molecule has 0 unspecified atom stereocenters. The number of hydrogen-bond donors (Lipinski definition) is 6.